The summed E-state index contributed by atoms with van der Waals surface area (Å²) >= 11 is 0. The van der Waals surface area contributed by atoms with Gasteiger partial charge < -0.3 is 19.5 Å². The number of hydrogen-bond acceptors (Lipinski definition) is 5. The summed E-state index contributed by atoms with van der Waals surface area (Å²) in [6.07, 6.45) is 2.45. The van der Waals surface area contributed by atoms with Crippen molar-refractivity contribution in [3.63, 3.8) is 0 Å². The van der Waals surface area contributed by atoms with Gasteiger partial charge in [0.25, 0.3) is 0 Å². The standard InChI is InChI=1S/C16H31NO4/c1-5-17-16(15(18)20-6-2)8-7-14(11-16)21-10-9-19-12-13(3)4/h13-14,17H,5-12H2,1-4H3. The predicted molar refractivity (Wildman–Crippen MR) is 82.3 cm³/mol. The summed E-state index contributed by atoms with van der Waals surface area (Å²) in [5.41, 5.74) is -0.561. The number of ether oxygens (including phenoxy) is 3. The molecule has 0 amide bonds. The molecule has 124 valence electrons. The van der Waals surface area contributed by atoms with Crippen LogP contribution in [0.4, 0.5) is 0 Å². The van der Waals surface area contributed by atoms with Gasteiger partial charge in [0.1, 0.15) is 5.54 Å². The van der Waals surface area contributed by atoms with Gasteiger partial charge in [0.2, 0.25) is 0 Å². The highest BCUT2D eigenvalue weighted by atomic mass is 16.5. The monoisotopic (exact) mass is 301 g/mol. The molecule has 0 aromatic carbocycles. The maximum absolute atomic E-state index is 12.2. The maximum Gasteiger partial charge on any atom is 0.326 e. The zero-order valence-corrected chi connectivity index (χ0v) is 13.9. The molecule has 0 aromatic rings. The van der Waals surface area contributed by atoms with Gasteiger partial charge in [-0.25, -0.2) is 0 Å². The van der Waals surface area contributed by atoms with Crippen LogP contribution in [0.3, 0.4) is 0 Å². The number of rotatable bonds is 10. The number of carbonyl (C=O) groups excluding carboxylic acids is 1. The van der Waals surface area contributed by atoms with Crippen molar-refractivity contribution in [2.75, 3.05) is 33.0 Å². The summed E-state index contributed by atoms with van der Waals surface area (Å²) in [6, 6.07) is 0. The number of esters is 1. The van der Waals surface area contributed by atoms with Crippen LogP contribution in [0, 0.1) is 5.92 Å². The van der Waals surface area contributed by atoms with Gasteiger partial charge in [-0.1, -0.05) is 20.8 Å². The zero-order chi connectivity index (χ0) is 15.7. The van der Waals surface area contributed by atoms with Gasteiger partial charge in [0.15, 0.2) is 0 Å². The smallest absolute Gasteiger partial charge is 0.326 e. The Morgan fingerprint density at radius 3 is 2.71 bits per heavy atom. The van der Waals surface area contributed by atoms with Crippen molar-refractivity contribution in [1.29, 1.82) is 0 Å². The third-order valence-corrected chi connectivity index (χ3v) is 3.68. The molecule has 5 nitrogen and oxygen atoms in total. The Bertz CT molecular complexity index is 309. The van der Waals surface area contributed by atoms with Gasteiger partial charge in [-0.3, -0.25) is 4.79 Å². The van der Waals surface area contributed by atoms with E-state index in [1.165, 1.54) is 0 Å². The predicted octanol–water partition coefficient (Wildman–Crippen LogP) is 2.14. The lowest BCUT2D eigenvalue weighted by atomic mass is 9.97. The van der Waals surface area contributed by atoms with Gasteiger partial charge in [-0.2, -0.15) is 0 Å². The molecule has 2 atom stereocenters. The number of carbonyl (C=O) groups is 1. The SMILES string of the molecule is CCNC1(C(=O)OCC)CCC(OCCOCC(C)C)C1. The van der Waals surface area contributed by atoms with E-state index in [-0.39, 0.29) is 12.1 Å². The van der Waals surface area contributed by atoms with Gasteiger partial charge >= 0.3 is 5.97 Å². The Morgan fingerprint density at radius 2 is 2.10 bits per heavy atom. The van der Waals surface area contributed by atoms with Crippen molar-refractivity contribution in [3.05, 3.63) is 0 Å². The van der Waals surface area contributed by atoms with Crippen molar-refractivity contribution in [2.45, 2.75) is 58.6 Å². The topological polar surface area (TPSA) is 56.8 Å². The van der Waals surface area contributed by atoms with Gasteiger partial charge in [0, 0.05) is 13.0 Å². The first kappa shape index (κ1) is 18.4. The van der Waals surface area contributed by atoms with Crippen LogP contribution in [0.15, 0.2) is 0 Å². The molecule has 2 unspecified atom stereocenters. The van der Waals surface area contributed by atoms with E-state index in [1.807, 2.05) is 13.8 Å². The van der Waals surface area contributed by atoms with Gasteiger partial charge in [0.05, 0.1) is 25.9 Å². The second-order valence-corrected chi connectivity index (χ2v) is 6.04. The second-order valence-electron chi connectivity index (χ2n) is 6.04. The van der Waals surface area contributed by atoms with Crippen molar-refractivity contribution >= 4 is 5.97 Å². The molecule has 1 saturated carbocycles. The molecular weight excluding hydrogens is 270 g/mol. The Morgan fingerprint density at radius 1 is 1.33 bits per heavy atom. The Kier molecular flexibility index (Phi) is 8.22. The highest BCUT2D eigenvalue weighted by Gasteiger charge is 2.46. The summed E-state index contributed by atoms with van der Waals surface area (Å²) in [5.74, 6) is 0.399. The molecule has 1 N–H and O–H groups in total. The summed E-state index contributed by atoms with van der Waals surface area (Å²) in [4.78, 5) is 12.2. The molecule has 1 rings (SSSR count). The summed E-state index contributed by atoms with van der Waals surface area (Å²) < 4.78 is 16.6. The van der Waals surface area contributed by atoms with Crippen molar-refractivity contribution in [3.8, 4) is 0 Å². The lowest BCUT2D eigenvalue weighted by molar-refractivity contribution is -0.151. The Balaban J connectivity index is 2.35. The number of nitrogens with one attached hydrogen (secondary N) is 1. The molecule has 5 heteroatoms. The first-order valence-corrected chi connectivity index (χ1v) is 8.15. The van der Waals surface area contributed by atoms with Crippen molar-refractivity contribution < 1.29 is 19.0 Å². The fourth-order valence-corrected chi connectivity index (χ4v) is 2.76. The van der Waals surface area contributed by atoms with E-state index in [2.05, 4.69) is 19.2 Å². The minimum absolute atomic E-state index is 0.108. The average Bonchev–Trinajstić information content (AvgIpc) is 2.83. The second kappa shape index (κ2) is 9.38. The largest absolute Gasteiger partial charge is 0.465 e. The first-order valence-electron chi connectivity index (χ1n) is 8.15. The molecule has 0 heterocycles. The van der Waals surface area contributed by atoms with Crippen LogP contribution >= 0.6 is 0 Å². The minimum atomic E-state index is -0.561. The molecule has 0 radical (unpaired) electrons. The molecule has 1 aliphatic carbocycles. The quantitative estimate of drug-likeness (QED) is 0.495. The van der Waals surface area contributed by atoms with Crippen LogP contribution in [0.1, 0.15) is 47.0 Å². The molecule has 0 aromatic heterocycles. The van der Waals surface area contributed by atoms with E-state index in [4.69, 9.17) is 14.2 Å². The van der Waals surface area contributed by atoms with E-state index in [1.54, 1.807) is 0 Å². The fraction of sp³-hybridized carbons (Fsp3) is 0.938. The number of likely N-dealkylation sites (N-methyl/N-ethyl adjacent to an activating group) is 1. The summed E-state index contributed by atoms with van der Waals surface area (Å²) in [5, 5.41) is 3.30. The van der Waals surface area contributed by atoms with Crippen LogP contribution in [-0.4, -0.2) is 50.6 Å². The fourth-order valence-electron chi connectivity index (χ4n) is 2.76. The summed E-state index contributed by atoms with van der Waals surface area (Å²) in [7, 11) is 0. The molecule has 0 saturated heterocycles. The highest BCUT2D eigenvalue weighted by molar-refractivity contribution is 5.81. The maximum atomic E-state index is 12.2. The molecule has 0 aliphatic heterocycles. The lowest BCUT2D eigenvalue weighted by Gasteiger charge is -2.27. The summed E-state index contributed by atoms with van der Waals surface area (Å²) in [6.45, 7) is 11.2. The number of hydrogen-bond donors (Lipinski definition) is 1. The molecular formula is C16H31NO4. The van der Waals surface area contributed by atoms with Crippen molar-refractivity contribution in [1.82, 2.24) is 5.32 Å². The van der Waals surface area contributed by atoms with E-state index >= 15 is 0 Å². The molecule has 21 heavy (non-hydrogen) atoms. The third kappa shape index (κ3) is 5.93. The van der Waals surface area contributed by atoms with Crippen LogP contribution < -0.4 is 5.32 Å². The lowest BCUT2D eigenvalue weighted by Crippen LogP contribution is -2.51. The van der Waals surface area contributed by atoms with Crippen LogP contribution in [0.2, 0.25) is 0 Å². The first-order chi connectivity index (χ1) is 10.0. The van der Waals surface area contributed by atoms with Crippen LogP contribution in [0.5, 0.6) is 0 Å². The third-order valence-electron chi connectivity index (χ3n) is 3.68. The molecule has 0 spiro atoms. The zero-order valence-electron chi connectivity index (χ0n) is 13.9. The van der Waals surface area contributed by atoms with Crippen LogP contribution in [-0.2, 0) is 19.0 Å². The Hall–Kier alpha value is -0.650. The van der Waals surface area contributed by atoms with E-state index < -0.39 is 5.54 Å². The van der Waals surface area contributed by atoms with Crippen molar-refractivity contribution in [2.24, 2.45) is 5.92 Å². The molecule has 1 aliphatic rings. The minimum Gasteiger partial charge on any atom is -0.465 e. The normalized spacial score (nSPS) is 25.5. The Labute approximate surface area is 128 Å². The molecule has 1 fully saturated rings. The van der Waals surface area contributed by atoms with E-state index in [9.17, 15) is 4.79 Å². The van der Waals surface area contributed by atoms with Gasteiger partial charge in [-0.15, -0.1) is 0 Å². The van der Waals surface area contributed by atoms with E-state index in [0.717, 1.165) is 26.0 Å². The van der Waals surface area contributed by atoms with E-state index in [0.29, 0.717) is 32.2 Å². The van der Waals surface area contributed by atoms with Crippen LogP contribution in [0.25, 0.3) is 0 Å². The average molecular weight is 301 g/mol. The highest BCUT2D eigenvalue weighted by Crippen LogP contribution is 2.33. The molecule has 0 bridgehead atoms. The van der Waals surface area contributed by atoms with Gasteiger partial charge in [-0.05, 0) is 32.2 Å².